The number of rotatable bonds is 3. The van der Waals surface area contributed by atoms with Crippen molar-refractivity contribution < 1.29 is 4.84 Å². The zero-order chi connectivity index (χ0) is 9.97. The first-order valence-corrected chi connectivity index (χ1v) is 4.04. The van der Waals surface area contributed by atoms with Crippen molar-refractivity contribution >= 4 is 5.65 Å². The molecule has 0 aromatic carbocycles. The van der Waals surface area contributed by atoms with Gasteiger partial charge in [-0.05, 0) is 0 Å². The van der Waals surface area contributed by atoms with E-state index in [9.17, 15) is 4.79 Å². The SMILES string of the molecule is NOCCn1nc2cnccn2c1=O. The van der Waals surface area contributed by atoms with Gasteiger partial charge >= 0.3 is 5.69 Å². The van der Waals surface area contributed by atoms with Crippen molar-refractivity contribution in [2.45, 2.75) is 6.54 Å². The van der Waals surface area contributed by atoms with E-state index in [2.05, 4.69) is 14.9 Å². The minimum atomic E-state index is -0.223. The average Bonchev–Trinajstić information content (AvgIpc) is 2.54. The summed E-state index contributed by atoms with van der Waals surface area (Å²) in [6, 6.07) is 0. The van der Waals surface area contributed by atoms with E-state index in [1.54, 1.807) is 6.20 Å². The first kappa shape index (κ1) is 8.85. The molecule has 0 unspecified atom stereocenters. The molecule has 74 valence electrons. The van der Waals surface area contributed by atoms with Crippen LogP contribution in [0.15, 0.2) is 23.4 Å². The fraction of sp³-hybridized carbons (Fsp3) is 0.286. The van der Waals surface area contributed by atoms with Crippen molar-refractivity contribution in [3.8, 4) is 0 Å². The van der Waals surface area contributed by atoms with E-state index in [1.165, 1.54) is 21.5 Å². The summed E-state index contributed by atoms with van der Waals surface area (Å²) in [7, 11) is 0. The molecule has 0 radical (unpaired) electrons. The van der Waals surface area contributed by atoms with Gasteiger partial charge in [-0.15, -0.1) is 5.10 Å². The monoisotopic (exact) mass is 195 g/mol. The van der Waals surface area contributed by atoms with Crippen LogP contribution in [-0.2, 0) is 11.4 Å². The molecule has 0 bridgehead atoms. The van der Waals surface area contributed by atoms with Gasteiger partial charge in [-0.3, -0.25) is 4.98 Å². The topological polar surface area (TPSA) is 87.4 Å². The molecule has 2 rings (SSSR count). The van der Waals surface area contributed by atoms with Gasteiger partial charge in [-0.1, -0.05) is 0 Å². The second-order valence-electron chi connectivity index (χ2n) is 2.68. The van der Waals surface area contributed by atoms with Crippen molar-refractivity contribution in [3.63, 3.8) is 0 Å². The van der Waals surface area contributed by atoms with Gasteiger partial charge in [-0.2, -0.15) is 0 Å². The van der Waals surface area contributed by atoms with Gasteiger partial charge in [0.05, 0.1) is 19.3 Å². The van der Waals surface area contributed by atoms with Crippen molar-refractivity contribution in [1.29, 1.82) is 0 Å². The smallest absolute Gasteiger partial charge is 0.303 e. The molecular weight excluding hydrogens is 186 g/mol. The van der Waals surface area contributed by atoms with Gasteiger partial charge in [0.1, 0.15) is 0 Å². The van der Waals surface area contributed by atoms with Crippen LogP contribution >= 0.6 is 0 Å². The second-order valence-corrected chi connectivity index (χ2v) is 2.68. The van der Waals surface area contributed by atoms with Crippen molar-refractivity contribution in [2.24, 2.45) is 5.90 Å². The van der Waals surface area contributed by atoms with Crippen molar-refractivity contribution in [3.05, 3.63) is 29.1 Å². The molecule has 0 saturated carbocycles. The fourth-order valence-electron chi connectivity index (χ4n) is 1.16. The summed E-state index contributed by atoms with van der Waals surface area (Å²) >= 11 is 0. The van der Waals surface area contributed by atoms with Gasteiger partial charge in [0, 0.05) is 12.4 Å². The quantitative estimate of drug-likeness (QED) is 0.620. The van der Waals surface area contributed by atoms with Gasteiger partial charge in [0.25, 0.3) is 0 Å². The van der Waals surface area contributed by atoms with Crippen LogP contribution in [0.3, 0.4) is 0 Å². The largest absolute Gasteiger partial charge is 0.350 e. The van der Waals surface area contributed by atoms with Gasteiger partial charge in [0.2, 0.25) is 0 Å². The molecule has 7 nitrogen and oxygen atoms in total. The zero-order valence-electron chi connectivity index (χ0n) is 7.33. The molecule has 7 heteroatoms. The third-order valence-electron chi connectivity index (χ3n) is 1.81. The van der Waals surface area contributed by atoms with E-state index in [1.807, 2.05) is 0 Å². The minimum Gasteiger partial charge on any atom is -0.303 e. The lowest BCUT2D eigenvalue weighted by molar-refractivity contribution is 0.126. The Morgan fingerprint density at radius 3 is 3.14 bits per heavy atom. The number of aromatic nitrogens is 4. The molecule has 0 atom stereocenters. The molecule has 0 spiro atoms. The maximum Gasteiger partial charge on any atom is 0.350 e. The molecule has 2 aromatic rings. The van der Waals surface area contributed by atoms with Crippen LogP contribution in [0.4, 0.5) is 0 Å². The summed E-state index contributed by atoms with van der Waals surface area (Å²) in [6.07, 6.45) is 4.60. The molecule has 0 aliphatic rings. The summed E-state index contributed by atoms with van der Waals surface area (Å²) < 4.78 is 2.69. The Kier molecular flexibility index (Phi) is 2.25. The lowest BCUT2D eigenvalue weighted by atomic mass is 10.7. The molecule has 2 aromatic heterocycles. The number of nitrogens with zero attached hydrogens (tertiary/aromatic N) is 4. The first-order valence-electron chi connectivity index (χ1n) is 4.04. The van der Waals surface area contributed by atoms with Gasteiger partial charge in [-0.25, -0.2) is 19.8 Å². The predicted molar refractivity (Wildman–Crippen MR) is 47.4 cm³/mol. The van der Waals surface area contributed by atoms with E-state index in [0.717, 1.165) is 0 Å². The Hall–Kier alpha value is -1.73. The highest BCUT2D eigenvalue weighted by Gasteiger charge is 2.04. The summed E-state index contributed by atoms with van der Waals surface area (Å²) in [5.74, 6) is 4.86. The lowest BCUT2D eigenvalue weighted by Gasteiger charge is -1.94. The van der Waals surface area contributed by atoms with Crippen LogP contribution in [0.1, 0.15) is 0 Å². The van der Waals surface area contributed by atoms with E-state index in [0.29, 0.717) is 12.2 Å². The minimum absolute atomic E-state index is 0.223. The lowest BCUT2D eigenvalue weighted by Crippen LogP contribution is -2.23. The Balaban J connectivity index is 2.47. The predicted octanol–water partition coefficient (Wildman–Crippen LogP) is -1.22. The van der Waals surface area contributed by atoms with Crippen LogP contribution in [-0.4, -0.2) is 25.8 Å². The highest BCUT2D eigenvalue weighted by atomic mass is 16.6. The van der Waals surface area contributed by atoms with E-state index >= 15 is 0 Å². The maximum atomic E-state index is 11.6. The molecular formula is C7H9N5O2. The second kappa shape index (κ2) is 3.56. The molecule has 0 saturated heterocycles. The molecule has 0 aliphatic heterocycles. The third kappa shape index (κ3) is 1.38. The van der Waals surface area contributed by atoms with Crippen LogP contribution in [0.25, 0.3) is 5.65 Å². The molecule has 0 fully saturated rings. The van der Waals surface area contributed by atoms with Crippen LogP contribution in [0, 0.1) is 0 Å². The summed E-state index contributed by atoms with van der Waals surface area (Å²) in [5.41, 5.74) is 0.286. The number of nitrogens with two attached hydrogens (primary N) is 1. The highest BCUT2D eigenvalue weighted by molar-refractivity contribution is 5.31. The van der Waals surface area contributed by atoms with Crippen LogP contribution in [0.5, 0.6) is 0 Å². The Bertz CT molecular complexity index is 488. The molecule has 2 heterocycles. The number of hydrogen-bond donors (Lipinski definition) is 1. The maximum absolute atomic E-state index is 11.6. The van der Waals surface area contributed by atoms with Gasteiger partial charge < -0.3 is 4.84 Å². The Morgan fingerprint density at radius 2 is 2.43 bits per heavy atom. The fourth-order valence-corrected chi connectivity index (χ4v) is 1.16. The number of fused-ring (bicyclic) bond motifs is 1. The third-order valence-corrected chi connectivity index (χ3v) is 1.81. The van der Waals surface area contributed by atoms with Crippen molar-refractivity contribution in [2.75, 3.05) is 6.61 Å². The molecule has 14 heavy (non-hydrogen) atoms. The van der Waals surface area contributed by atoms with Crippen LogP contribution in [0.2, 0.25) is 0 Å². The highest BCUT2D eigenvalue weighted by Crippen LogP contribution is 1.91. The molecule has 2 N–H and O–H groups in total. The normalized spacial score (nSPS) is 10.9. The summed E-state index contributed by atoms with van der Waals surface area (Å²) in [4.78, 5) is 19.8. The molecule has 0 amide bonds. The molecule has 0 aliphatic carbocycles. The van der Waals surface area contributed by atoms with E-state index in [4.69, 9.17) is 5.90 Å². The van der Waals surface area contributed by atoms with E-state index < -0.39 is 0 Å². The van der Waals surface area contributed by atoms with E-state index in [-0.39, 0.29) is 12.3 Å². The average molecular weight is 195 g/mol. The van der Waals surface area contributed by atoms with Gasteiger partial charge in [0.15, 0.2) is 5.65 Å². The summed E-state index contributed by atoms with van der Waals surface area (Å²) in [6.45, 7) is 0.578. The summed E-state index contributed by atoms with van der Waals surface area (Å²) in [5, 5.41) is 4.02. The van der Waals surface area contributed by atoms with Crippen LogP contribution < -0.4 is 11.6 Å². The Labute approximate surface area is 78.7 Å². The van der Waals surface area contributed by atoms with Crippen molar-refractivity contribution in [1.82, 2.24) is 19.2 Å². The Morgan fingerprint density at radius 1 is 1.57 bits per heavy atom. The number of hydrogen-bond acceptors (Lipinski definition) is 5. The zero-order valence-corrected chi connectivity index (χ0v) is 7.33. The standard InChI is InChI=1S/C7H9N5O2/c8-14-4-3-12-7(13)11-2-1-9-5-6(11)10-12/h1-2,5H,3-4,8H2. The first-order chi connectivity index (χ1) is 6.83.